The van der Waals surface area contributed by atoms with Gasteiger partial charge < -0.3 is 19.3 Å². The van der Waals surface area contributed by atoms with Gasteiger partial charge in [0.25, 0.3) is 0 Å². The Kier molecular flexibility index (Phi) is 8.34. The minimum Gasteiger partial charge on any atom is -0.444 e. The fourth-order valence-electron chi connectivity index (χ4n) is 2.15. The van der Waals surface area contributed by atoms with E-state index in [1.165, 1.54) is 11.8 Å². The second kappa shape index (κ2) is 9.41. The van der Waals surface area contributed by atoms with Crippen molar-refractivity contribution in [2.75, 3.05) is 26.2 Å². The summed E-state index contributed by atoms with van der Waals surface area (Å²) in [5.41, 5.74) is -0.839. The number of carbonyl (C=O) groups excluding carboxylic acids is 3. The normalized spacial score (nSPS) is 17.9. The molecule has 0 saturated carbocycles. The maximum absolute atomic E-state index is 11.5. The van der Waals surface area contributed by atoms with E-state index in [1.807, 2.05) is 41.5 Å². The zero-order valence-electron chi connectivity index (χ0n) is 17.3. The van der Waals surface area contributed by atoms with Gasteiger partial charge in [0, 0.05) is 43.6 Å². The molecule has 0 aromatic heterocycles. The highest BCUT2D eigenvalue weighted by Crippen LogP contribution is 2.24. The van der Waals surface area contributed by atoms with E-state index in [1.54, 1.807) is 16.7 Å². The highest BCUT2D eigenvalue weighted by Gasteiger charge is 2.34. The second-order valence-electron chi connectivity index (χ2n) is 8.66. The van der Waals surface area contributed by atoms with Crippen LogP contribution in [0.4, 0.5) is 9.59 Å². The summed E-state index contributed by atoms with van der Waals surface area (Å²) in [5, 5.41) is 0.677. The third-order valence-electron chi connectivity index (χ3n) is 3.35. The van der Waals surface area contributed by atoms with E-state index >= 15 is 0 Å². The molecule has 0 atom stereocenters. The van der Waals surface area contributed by atoms with Crippen LogP contribution in [-0.4, -0.2) is 75.0 Å². The number of amides is 2. The number of ether oxygens (including phenoxy) is 2. The number of rotatable bonds is 1. The lowest BCUT2D eigenvalue weighted by atomic mass is 10.2. The Balaban J connectivity index is 0.000000277. The monoisotopic (exact) mass is 420 g/mol. The molecule has 156 valence electrons. The average molecular weight is 421 g/mol. The van der Waals surface area contributed by atoms with Gasteiger partial charge in [-0.25, -0.2) is 9.59 Å². The van der Waals surface area contributed by atoms with Crippen LogP contribution in [0.2, 0.25) is 0 Å². The van der Waals surface area contributed by atoms with Crippen molar-refractivity contribution in [2.45, 2.75) is 70.2 Å². The maximum atomic E-state index is 11.5. The van der Waals surface area contributed by atoms with E-state index in [0.29, 0.717) is 31.4 Å². The van der Waals surface area contributed by atoms with E-state index in [0.717, 1.165) is 0 Å². The molecule has 0 spiro atoms. The highest BCUT2D eigenvalue weighted by molar-refractivity contribution is 8.14. The Labute approximate surface area is 171 Å². The molecular formula is C18H32N2O5S2. The molecule has 0 unspecified atom stereocenters. The third-order valence-corrected chi connectivity index (χ3v) is 4.64. The van der Waals surface area contributed by atoms with Gasteiger partial charge in [-0.15, -0.1) is 0 Å². The molecule has 2 saturated heterocycles. The van der Waals surface area contributed by atoms with Gasteiger partial charge in [0.2, 0.25) is 0 Å². The lowest BCUT2D eigenvalue weighted by molar-refractivity contribution is -0.109. The van der Waals surface area contributed by atoms with Gasteiger partial charge in [-0.3, -0.25) is 4.79 Å². The van der Waals surface area contributed by atoms with Gasteiger partial charge in [-0.1, -0.05) is 11.8 Å². The molecule has 2 rings (SSSR count). The lowest BCUT2D eigenvalue weighted by Crippen LogP contribution is -2.53. The maximum Gasteiger partial charge on any atom is 0.410 e. The molecule has 2 heterocycles. The summed E-state index contributed by atoms with van der Waals surface area (Å²) in [6.07, 6.45) is -0.518. The summed E-state index contributed by atoms with van der Waals surface area (Å²) in [7, 11) is 0. The van der Waals surface area contributed by atoms with Gasteiger partial charge in [0.1, 0.15) is 11.2 Å². The quantitative estimate of drug-likeness (QED) is 0.655. The van der Waals surface area contributed by atoms with E-state index in [9.17, 15) is 14.4 Å². The first-order valence-electron chi connectivity index (χ1n) is 8.97. The van der Waals surface area contributed by atoms with Crippen molar-refractivity contribution < 1.29 is 23.9 Å². The van der Waals surface area contributed by atoms with Gasteiger partial charge >= 0.3 is 12.2 Å². The summed E-state index contributed by atoms with van der Waals surface area (Å²) in [4.78, 5) is 36.8. The molecule has 0 N–H and O–H groups in total. The van der Waals surface area contributed by atoms with Crippen molar-refractivity contribution in [3.8, 4) is 0 Å². The molecule has 0 radical (unpaired) electrons. The van der Waals surface area contributed by atoms with E-state index in [4.69, 9.17) is 9.47 Å². The summed E-state index contributed by atoms with van der Waals surface area (Å²) < 4.78 is 10.3. The average Bonchev–Trinajstić information content (AvgIpc) is 2.35. The minimum absolute atomic E-state index is 0.101. The minimum atomic E-state index is -0.449. The Bertz CT molecular complexity index is 545. The molecule has 2 aliphatic heterocycles. The highest BCUT2D eigenvalue weighted by atomic mass is 32.2. The largest absolute Gasteiger partial charge is 0.444 e. The topological polar surface area (TPSA) is 76.1 Å². The summed E-state index contributed by atoms with van der Waals surface area (Å²) in [6, 6.07) is 0. The number of hydrogen-bond donors (Lipinski definition) is 1. The molecule has 0 aliphatic carbocycles. The van der Waals surface area contributed by atoms with Crippen molar-refractivity contribution in [1.29, 1.82) is 0 Å². The van der Waals surface area contributed by atoms with Crippen molar-refractivity contribution in [2.24, 2.45) is 0 Å². The first kappa shape index (κ1) is 23.9. The van der Waals surface area contributed by atoms with E-state index in [-0.39, 0.29) is 22.6 Å². The molecule has 0 aromatic rings. The number of carbonyl (C=O) groups is 3. The van der Waals surface area contributed by atoms with Crippen molar-refractivity contribution in [1.82, 2.24) is 9.80 Å². The van der Waals surface area contributed by atoms with Crippen molar-refractivity contribution in [3.05, 3.63) is 0 Å². The van der Waals surface area contributed by atoms with Crippen LogP contribution in [0.1, 0.15) is 48.5 Å². The van der Waals surface area contributed by atoms with Crippen LogP contribution in [-0.2, 0) is 14.3 Å². The van der Waals surface area contributed by atoms with E-state index in [2.05, 4.69) is 12.6 Å². The Morgan fingerprint density at radius 3 is 1.52 bits per heavy atom. The zero-order chi connectivity index (χ0) is 21.0. The first-order valence-corrected chi connectivity index (χ1v) is 10.4. The zero-order valence-corrected chi connectivity index (χ0v) is 19.0. The molecule has 2 amide bonds. The Morgan fingerprint density at radius 1 is 0.852 bits per heavy atom. The molecule has 2 fully saturated rings. The number of nitrogens with zero attached hydrogens (tertiary/aromatic N) is 2. The molecule has 2 aliphatic rings. The predicted octanol–water partition coefficient (Wildman–Crippen LogP) is 3.42. The number of hydrogen-bond acceptors (Lipinski definition) is 7. The van der Waals surface area contributed by atoms with Crippen LogP contribution in [0, 0.1) is 0 Å². The van der Waals surface area contributed by atoms with Crippen LogP contribution < -0.4 is 0 Å². The Morgan fingerprint density at radius 2 is 1.22 bits per heavy atom. The summed E-state index contributed by atoms with van der Waals surface area (Å²) in [6.45, 7) is 15.3. The van der Waals surface area contributed by atoms with Crippen molar-refractivity contribution >= 4 is 41.7 Å². The standard InChI is InChI=1S/C10H17NO3S.C8H15NO2S/c1-7(12)15-8-5-11(6-8)9(13)14-10(2,3)4;1-8(2,3)11-7(10)9-4-6(12)5-9/h8H,5-6H2,1-4H3;6,12H,4-5H2,1-3H3. The van der Waals surface area contributed by atoms with Crippen LogP contribution in [0.5, 0.6) is 0 Å². The van der Waals surface area contributed by atoms with Crippen LogP contribution in [0.25, 0.3) is 0 Å². The Hall–Kier alpha value is -1.09. The van der Waals surface area contributed by atoms with Crippen molar-refractivity contribution in [3.63, 3.8) is 0 Å². The molecule has 0 bridgehead atoms. The number of thiol groups is 1. The summed E-state index contributed by atoms with van der Waals surface area (Å²) in [5.74, 6) is 0. The lowest BCUT2D eigenvalue weighted by Gasteiger charge is -2.38. The first-order chi connectivity index (χ1) is 12.2. The second-order valence-corrected chi connectivity index (χ2v) is 10.9. The summed E-state index contributed by atoms with van der Waals surface area (Å²) >= 11 is 5.49. The molecule has 27 heavy (non-hydrogen) atoms. The van der Waals surface area contributed by atoms with Crippen LogP contribution >= 0.6 is 24.4 Å². The SMILES string of the molecule is CC(=O)SC1CN(C(=O)OC(C)(C)C)C1.CC(C)(C)OC(=O)N1CC(S)C1. The molecule has 9 heteroatoms. The van der Waals surface area contributed by atoms with E-state index < -0.39 is 11.2 Å². The molecule has 0 aromatic carbocycles. The van der Waals surface area contributed by atoms with Crippen LogP contribution in [0.15, 0.2) is 0 Å². The van der Waals surface area contributed by atoms with Gasteiger partial charge in [-0.2, -0.15) is 12.6 Å². The number of likely N-dealkylation sites (tertiary alicyclic amines) is 2. The van der Waals surface area contributed by atoms with Gasteiger partial charge in [0.05, 0.1) is 0 Å². The van der Waals surface area contributed by atoms with Crippen LogP contribution in [0.3, 0.4) is 0 Å². The fraction of sp³-hybridized carbons (Fsp3) is 0.833. The number of thioether (sulfide) groups is 1. The predicted molar refractivity (Wildman–Crippen MR) is 110 cm³/mol. The molecular weight excluding hydrogens is 388 g/mol. The third kappa shape index (κ3) is 9.60. The van der Waals surface area contributed by atoms with Gasteiger partial charge in [-0.05, 0) is 41.5 Å². The smallest absolute Gasteiger partial charge is 0.410 e. The van der Waals surface area contributed by atoms with Gasteiger partial charge in [0.15, 0.2) is 5.12 Å². The molecule has 7 nitrogen and oxygen atoms in total. The fourth-order valence-corrected chi connectivity index (χ4v) is 3.53.